The van der Waals surface area contributed by atoms with E-state index >= 15 is 0 Å². The van der Waals surface area contributed by atoms with E-state index in [1.165, 1.54) is 12.1 Å². The number of sulfonamides is 1. The number of halogens is 3. The third-order valence-electron chi connectivity index (χ3n) is 4.66. The molecule has 3 aromatic rings. The van der Waals surface area contributed by atoms with Crippen molar-refractivity contribution in [3.63, 3.8) is 0 Å². The molecule has 10 heteroatoms. The van der Waals surface area contributed by atoms with E-state index in [4.69, 9.17) is 4.74 Å². The summed E-state index contributed by atoms with van der Waals surface area (Å²) in [5.74, 6) is -0.399. The van der Waals surface area contributed by atoms with Crippen molar-refractivity contribution in [3.8, 4) is 11.6 Å². The minimum atomic E-state index is -5.00. The van der Waals surface area contributed by atoms with Crippen molar-refractivity contribution in [2.75, 3.05) is 13.1 Å². The standard InChI is InChI=1S/C20H17F3N2O4S/c21-20(22,23)29-17-7-3-4-8-18(17)30(26,27)25-12-11-15(13-25)28-19-10-9-14-5-1-2-6-16(14)24-19/h1-10,15H,11-13H2. The van der Waals surface area contributed by atoms with Gasteiger partial charge in [-0.1, -0.05) is 30.3 Å². The largest absolute Gasteiger partial charge is 0.573 e. The summed E-state index contributed by atoms with van der Waals surface area (Å²) < 4.78 is 74.6. The maximum atomic E-state index is 12.9. The van der Waals surface area contributed by atoms with Gasteiger partial charge in [-0.25, -0.2) is 13.4 Å². The number of hydrogen-bond acceptors (Lipinski definition) is 5. The van der Waals surface area contributed by atoms with E-state index in [9.17, 15) is 21.6 Å². The van der Waals surface area contributed by atoms with Gasteiger partial charge in [-0.05, 0) is 30.7 Å². The van der Waals surface area contributed by atoms with Gasteiger partial charge in [-0.3, -0.25) is 0 Å². The predicted octanol–water partition coefficient (Wildman–Crippen LogP) is 3.98. The molecule has 0 spiro atoms. The van der Waals surface area contributed by atoms with Gasteiger partial charge in [0.15, 0.2) is 0 Å². The number of pyridine rings is 1. The summed E-state index contributed by atoms with van der Waals surface area (Å²) in [5, 5.41) is 0.946. The number of aromatic nitrogens is 1. The van der Waals surface area contributed by atoms with E-state index in [0.29, 0.717) is 12.3 Å². The zero-order valence-corrected chi connectivity index (χ0v) is 16.4. The van der Waals surface area contributed by atoms with Gasteiger partial charge in [-0.2, -0.15) is 4.31 Å². The first-order valence-electron chi connectivity index (χ1n) is 9.10. The molecule has 1 unspecified atom stereocenters. The van der Waals surface area contributed by atoms with Gasteiger partial charge in [0.2, 0.25) is 15.9 Å². The number of hydrogen-bond donors (Lipinski definition) is 0. The third kappa shape index (κ3) is 4.34. The highest BCUT2D eigenvalue weighted by Crippen LogP contribution is 2.33. The van der Waals surface area contributed by atoms with E-state index in [1.807, 2.05) is 30.3 Å². The molecule has 30 heavy (non-hydrogen) atoms. The molecule has 158 valence electrons. The Morgan fingerprint density at radius 3 is 2.53 bits per heavy atom. The first kappa shape index (κ1) is 20.4. The fraction of sp³-hybridized carbons (Fsp3) is 0.250. The van der Waals surface area contributed by atoms with Crippen molar-refractivity contribution in [3.05, 3.63) is 60.7 Å². The fourth-order valence-corrected chi connectivity index (χ4v) is 4.91. The minimum absolute atomic E-state index is 0.00279. The maximum Gasteiger partial charge on any atom is 0.573 e. The van der Waals surface area contributed by atoms with Crippen LogP contribution >= 0.6 is 0 Å². The Kier molecular flexibility index (Phi) is 5.29. The molecule has 0 bridgehead atoms. The summed E-state index contributed by atoms with van der Waals surface area (Å²) in [5.41, 5.74) is 0.746. The van der Waals surface area contributed by atoms with Crippen molar-refractivity contribution in [2.24, 2.45) is 0 Å². The molecule has 0 radical (unpaired) electrons. The topological polar surface area (TPSA) is 68.7 Å². The molecule has 0 amide bonds. The van der Waals surface area contributed by atoms with Crippen LogP contribution in [-0.2, 0) is 10.0 Å². The highest BCUT2D eigenvalue weighted by molar-refractivity contribution is 7.89. The van der Waals surface area contributed by atoms with E-state index in [0.717, 1.165) is 27.3 Å². The fourth-order valence-electron chi connectivity index (χ4n) is 3.31. The summed E-state index contributed by atoms with van der Waals surface area (Å²) >= 11 is 0. The zero-order valence-electron chi connectivity index (χ0n) is 15.5. The molecular formula is C20H17F3N2O4S. The Hall–Kier alpha value is -2.85. The van der Waals surface area contributed by atoms with Crippen LogP contribution < -0.4 is 9.47 Å². The smallest absolute Gasteiger partial charge is 0.473 e. The van der Waals surface area contributed by atoms with Crippen LogP contribution in [0, 0.1) is 0 Å². The SMILES string of the molecule is O=S(=O)(c1ccccc1OC(F)(F)F)N1CCC(Oc2ccc3ccccc3n2)C1. The Bertz CT molecular complexity index is 1170. The van der Waals surface area contributed by atoms with Gasteiger partial charge in [0.05, 0.1) is 12.1 Å². The van der Waals surface area contributed by atoms with E-state index in [-0.39, 0.29) is 13.1 Å². The van der Waals surface area contributed by atoms with Gasteiger partial charge in [0.1, 0.15) is 16.7 Å². The molecule has 1 saturated heterocycles. The molecule has 1 fully saturated rings. The van der Waals surface area contributed by atoms with E-state index < -0.39 is 33.1 Å². The van der Waals surface area contributed by atoms with Crippen molar-refractivity contribution in [1.82, 2.24) is 9.29 Å². The second-order valence-corrected chi connectivity index (χ2v) is 8.63. The molecule has 2 aromatic carbocycles. The summed E-state index contributed by atoms with van der Waals surface area (Å²) in [6, 6.07) is 15.7. The van der Waals surface area contributed by atoms with Crippen LogP contribution in [0.1, 0.15) is 6.42 Å². The maximum absolute atomic E-state index is 12.9. The van der Waals surface area contributed by atoms with Gasteiger partial charge in [0.25, 0.3) is 0 Å². The molecule has 1 aliphatic rings. The van der Waals surface area contributed by atoms with Crippen LogP contribution in [0.15, 0.2) is 65.6 Å². The second kappa shape index (κ2) is 7.77. The average Bonchev–Trinajstić information content (AvgIpc) is 3.16. The van der Waals surface area contributed by atoms with Gasteiger partial charge in [0, 0.05) is 18.0 Å². The van der Waals surface area contributed by atoms with Crippen molar-refractivity contribution < 1.29 is 31.1 Å². The van der Waals surface area contributed by atoms with Crippen LogP contribution in [0.2, 0.25) is 0 Å². The number of para-hydroxylation sites is 2. The van der Waals surface area contributed by atoms with Gasteiger partial charge >= 0.3 is 6.36 Å². The molecular weight excluding hydrogens is 421 g/mol. The molecule has 4 rings (SSSR count). The molecule has 6 nitrogen and oxygen atoms in total. The molecule has 1 atom stereocenters. The highest BCUT2D eigenvalue weighted by Gasteiger charge is 2.38. The van der Waals surface area contributed by atoms with Crippen LogP contribution in [0.25, 0.3) is 10.9 Å². The van der Waals surface area contributed by atoms with Crippen molar-refractivity contribution >= 4 is 20.9 Å². The Balaban J connectivity index is 1.51. The number of ether oxygens (including phenoxy) is 2. The Morgan fingerprint density at radius 1 is 1.00 bits per heavy atom. The Morgan fingerprint density at radius 2 is 1.73 bits per heavy atom. The lowest BCUT2D eigenvalue weighted by atomic mass is 10.2. The number of nitrogens with zero attached hydrogens (tertiary/aromatic N) is 2. The lowest BCUT2D eigenvalue weighted by Crippen LogP contribution is -2.32. The summed E-state index contributed by atoms with van der Waals surface area (Å²) in [6.45, 7) is 0.109. The summed E-state index contributed by atoms with van der Waals surface area (Å²) in [4.78, 5) is 3.87. The number of rotatable bonds is 5. The second-order valence-electron chi connectivity index (χ2n) is 6.73. The van der Waals surface area contributed by atoms with Crippen LogP contribution in [0.5, 0.6) is 11.6 Å². The molecule has 2 heterocycles. The van der Waals surface area contributed by atoms with Crippen LogP contribution in [0.3, 0.4) is 0 Å². The van der Waals surface area contributed by atoms with Gasteiger partial charge in [-0.15, -0.1) is 13.2 Å². The lowest BCUT2D eigenvalue weighted by molar-refractivity contribution is -0.275. The average molecular weight is 438 g/mol. The Labute approximate surface area is 170 Å². The van der Waals surface area contributed by atoms with Crippen LogP contribution in [-0.4, -0.2) is 43.3 Å². The molecule has 1 aliphatic heterocycles. The minimum Gasteiger partial charge on any atom is -0.473 e. The highest BCUT2D eigenvalue weighted by atomic mass is 32.2. The van der Waals surface area contributed by atoms with E-state index in [2.05, 4.69) is 9.72 Å². The molecule has 0 saturated carbocycles. The van der Waals surface area contributed by atoms with Gasteiger partial charge < -0.3 is 9.47 Å². The molecule has 0 aliphatic carbocycles. The number of fused-ring (bicyclic) bond motifs is 1. The van der Waals surface area contributed by atoms with Crippen molar-refractivity contribution in [1.29, 1.82) is 0 Å². The predicted molar refractivity (Wildman–Crippen MR) is 103 cm³/mol. The van der Waals surface area contributed by atoms with Crippen LogP contribution in [0.4, 0.5) is 13.2 Å². The number of benzene rings is 2. The zero-order chi connectivity index (χ0) is 21.4. The van der Waals surface area contributed by atoms with Crippen molar-refractivity contribution in [2.45, 2.75) is 23.8 Å². The normalized spacial score (nSPS) is 17.9. The summed E-state index contributed by atoms with van der Waals surface area (Å²) in [6.07, 6.45) is -5.08. The third-order valence-corrected chi connectivity index (χ3v) is 6.57. The lowest BCUT2D eigenvalue weighted by Gasteiger charge is -2.19. The van der Waals surface area contributed by atoms with E-state index in [1.54, 1.807) is 6.07 Å². The first-order chi connectivity index (χ1) is 14.2. The molecule has 1 aromatic heterocycles. The summed E-state index contributed by atoms with van der Waals surface area (Å²) in [7, 11) is -4.19. The monoisotopic (exact) mass is 438 g/mol. The first-order valence-corrected chi connectivity index (χ1v) is 10.5. The quantitative estimate of drug-likeness (QED) is 0.603. The molecule has 0 N–H and O–H groups in total. The number of alkyl halides is 3.